The zero-order chi connectivity index (χ0) is 66.9. The number of piperidine rings is 3. The lowest BCUT2D eigenvalue weighted by atomic mass is 10.0. The van der Waals surface area contributed by atoms with Crippen molar-refractivity contribution in [3.63, 3.8) is 0 Å². The van der Waals surface area contributed by atoms with Gasteiger partial charge in [-0.1, -0.05) is 34.9 Å². The Hall–Kier alpha value is -6.97. The molecule has 3 unspecified atom stereocenters. The summed E-state index contributed by atoms with van der Waals surface area (Å²) >= 11 is 0. The Morgan fingerprint density at radius 3 is 1.31 bits per heavy atom. The van der Waals surface area contributed by atoms with Crippen LogP contribution in [0.5, 0.6) is 0 Å². The number of carbonyl (C=O) groups excluding carboxylic acids is 4. The summed E-state index contributed by atoms with van der Waals surface area (Å²) < 4.78 is 17.7. The van der Waals surface area contributed by atoms with Crippen LogP contribution in [0, 0.1) is 20.8 Å². The number of fused-ring (bicyclic) bond motifs is 9. The van der Waals surface area contributed by atoms with Crippen LogP contribution < -0.4 is 21.7 Å². The van der Waals surface area contributed by atoms with E-state index in [9.17, 15) is 24.0 Å². The van der Waals surface area contributed by atoms with E-state index in [1.807, 2.05) is 41.5 Å². The molecule has 20 heteroatoms. The van der Waals surface area contributed by atoms with E-state index in [2.05, 4.69) is 141 Å². The summed E-state index contributed by atoms with van der Waals surface area (Å²) in [5, 5.41) is 22.6. The van der Waals surface area contributed by atoms with E-state index in [4.69, 9.17) is 20.3 Å². The molecular weight excluding hydrogens is 1170 g/mol. The molecule has 3 fully saturated rings. The predicted molar refractivity (Wildman–Crippen MR) is 370 cm³/mol. The largest absolute Gasteiger partial charge is 0.481 e. The Kier molecular flexibility index (Phi) is 23.5. The number of likely N-dealkylation sites (N-methyl/N-ethyl adjacent to an activating group) is 3. The maximum Gasteiger partial charge on any atom is 0.410 e. The van der Waals surface area contributed by atoms with E-state index in [1.165, 1.54) is 83.2 Å². The number of carboxylic acids is 1. The van der Waals surface area contributed by atoms with E-state index >= 15 is 0 Å². The van der Waals surface area contributed by atoms with Gasteiger partial charge in [0.2, 0.25) is 11.8 Å². The van der Waals surface area contributed by atoms with Crippen molar-refractivity contribution in [1.29, 1.82) is 0 Å². The normalized spacial score (nSPS) is 19.6. The van der Waals surface area contributed by atoms with Crippen LogP contribution >= 0.6 is 0 Å². The van der Waals surface area contributed by atoms with Crippen LogP contribution in [0.1, 0.15) is 150 Å². The van der Waals surface area contributed by atoms with Gasteiger partial charge in [-0.15, -0.1) is 0 Å². The number of rotatable bonds is 11. The quantitative estimate of drug-likeness (QED) is 0.0817. The molecule has 93 heavy (non-hydrogen) atoms. The average molecular weight is 1280 g/mol. The fourth-order valence-corrected chi connectivity index (χ4v) is 14.2. The van der Waals surface area contributed by atoms with Gasteiger partial charge >= 0.3 is 18.2 Å². The van der Waals surface area contributed by atoms with Crippen LogP contribution in [0.3, 0.4) is 0 Å². The summed E-state index contributed by atoms with van der Waals surface area (Å²) in [6, 6.07) is 20.2. The van der Waals surface area contributed by atoms with Crippen LogP contribution in [0.2, 0.25) is 0 Å². The fourth-order valence-electron chi connectivity index (χ4n) is 14.2. The molecule has 0 radical (unpaired) electrons. The molecule has 6 aromatic rings. The summed E-state index contributed by atoms with van der Waals surface area (Å²) in [7, 11) is 6.49. The first-order chi connectivity index (χ1) is 44.2. The number of likely N-dealkylation sites (tertiary alicyclic amines) is 2. The molecule has 0 saturated carbocycles. The highest BCUT2D eigenvalue weighted by Crippen LogP contribution is 2.35. The second-order valence-corrected chi connectivity index (χ2v) is 29.2. The van der Waals surface area contributed by atoms with E-state index < -0.39 is 17.2 Å². The maximum atomic E-state index is 12.9. The van der Waals surface area contributed by atoms with Crippen molar-refractivity contribution in [2.45, 2.75) is 208 Å². The number of hydrogen-bond donors (Lipinski definition) is 5. The third-order valence-electron chi connectivity index (χ3n) is 18.7. The summed E-state index contributed by atoms with van der Waals surface area (Å²) in [5.41, 5.74) is 20.7. The topological polar surface area (TPSA) is 217 Å². The molecule has 6 N–H and O–H groups in total. The molecule has 4 amide bonds. The van der Waals surface area contributed by atoms with Gasteiger partial charge in [-0.25, -0.2) is 9.59 Å². The van der Waals surface area contributed by atoms with E-state index in [0.29, 0.717) is 51.6 Å². The second-order valence-electron chi connectivity index (χ2n) is 29.2. The zero-order valence-electron chi connectivity index (χ0n) is 58.0. The number of aromatic nitrogens is 3. The Bertz CT molecular complexity index is 3600. The van der Waals surface area contributed by atoms with Crippen molar-refractivity contribution in [3.05, 3.63) is 105 Å². The van der Waals surface area contributed by atoms with Gasteiger partial charge in [0.15, 0.2) is 0 Å². The van der Waals surface area contributed by atoms with Crippen molar-refractivity contribution in [2.75, 3.05) is 80.0 Å². The molecule has 9 heterocycles. The lowest BCUT2D eigenvalue weighted by Gasteiger charge is -2.34. The molecule has 0 bridgehead atoms. The van der Waals surface area contributed by atoms with Crippen LogP contribution in [0.25, 0.3) is 32.7 Å². The van der Waals surface area contributed by atoms with Gasteiger partial charge in [0.05, 0.1) is 6.42 Å². The number of nitrogens with one attached hydrogen (secondary N) is 3. The molecule has 3 saturated heterocycles. The number of benzene rings is 3. The van der Waals surface area contributed by atoms with Crippen LogP contribution in [0.4, 0.5) is 9.59 Å². The monoisotopic (exact) mass is 1280 g/mol. The van der Waals surface area contributed by atoms with Crippen molar-refractivity contribution < 1.29 is 38.6 Å². The maximum absolute atomic E-state index is 12.9. The zero-order valence-corrected chi connectivity index (χ0v) is 58.0. The number of amides is 4. The molecule has 12 rings (SSSR count). The van der Waals surface area contributed by atoms with Crippen molar-refractivity contribution in [2.24, 2.45) is 5.73 Å². The van der Waals surface area contributed by atoms with Crippen molar-refractivity contribution in [3.8, 4) is 0 Å². The molecule has 3 aromatic carbocycles. The Balaban J connectivity index is 0.000000153. The van der Waals surface area contributed by atoms with Gasteiger partial charge in [0.1, 0.15) is 11.2 Å². The number of ether oxygens (including phenoxy) is 2. The number of nitrogens with two attached hydrogens (primary N) is 1. The van der Waals surface area contributed by atoms with Crippen molar-refractivity contribution in [1.82, 2.24) is 54.2 Å². The lowest BCUT2D eigenvalue weighted by molar-refractivity contribution is -0.137. The summed E-state index contributed by atoms with van der Waals surface area (Å²) in [6.07, 6.45) is 9.66. The van der Waals surface area contributed by atoms with Gasteiger partial charge in [-0.2, -0.15) is 0 Å². The van der Waals surface area contributed by atoms with Crippen LogP contribution in [0.15, 0.2) is 54.6 Å². The number of aryl methyl sites for hydroxylation is 6. The van der Waals surface area contributed by atoms with Crippen LogP contribution in [-0.2, 0) is 82.4 Å². The number of carboxylic acid groups (broad SMARTS) is 1. The molecule has 6 aliphatic rings. The predicted octanol–water partition coefficient (Wildman–Crippen LogP) is 9.80. The molecule has 20 nitrogen and oxygen atoms in total. The Morgan fingerprint density at radius 1 is 0.538 bits per heavy atom. The molecule has 3 aromatic heterocycles. The lowest BCUT2D eigenvalue weighted by Crippen LogP contribution is -2.50. The van der Waals surface area contributed by atoms with Gasteiger partial charge in [0.25, 0.3) is 0 Å². The molecule has 508 valence electrons. The number of aliphatic carboxylic acids is 1. The SMILES string of the molecule is CC(C)(C)OC(=O)N1CCCC(N)C1.Cc1ccc2c(c1)c1c(n2CCC(=O)NC2CCCN(C(=O)OC(C)(C)C)C2)CCN(C)C1.Cc1ccc2c(c1)c1c(n2CCC(=O)NC2CCCNC2)CCN(C)C1.Cc1ccc2c(c1)c1c(n2CCC(=O)O)CCN(C)C1. The van der Waals surface area contributed by atoms with Crippen LogP contribution in [-0.4, -0.2) is 183 Å². The number of nitrogens with zero attached hydrogens (tertiary/aromatic N) is 8. The highest BCUT2D eigenvalue weighted by Gasteiger charge is 2.31. The smallest absolute Gasteiger partial charge is 0.410 e. The number of hydrogen-bond acceptors (Lipinski definition) is 12. The Morgan fingerprint density at radius 2 is 0.925 bits per heavy atom. The molecule has 0 aliphatic carbocycles. The summed E-state index contributed by atoms with van der Waals surface area (Å²) in [4.78, 5) is 70.7. The van der Waals surface area contributed by atoms with Gasteiger partial charge in [-0.3, -0.25) is 14.4 Å². The van der Waals surface area contributed by atoms with Gasteiger partial charge in [-0.05, 0) is 182 Å². The minimum Gasteiger partial charge on any atom is -0.481 e. The van der Waals surface area contributed by atoms with E-state index in [-0.39, 0.29) is 42.5 Å². The highest BCUT2D eigenvalue weighted by molar-refractivity contribution is 5.89. The van der Waals surface area contributed by atoms with E-state index in [0.717, 1.165) is 123 Å². The third kappa shape index (κ3) is 18.9. The molecular formula is C73H108N12O8. The third-order valence-corrected chi connectivity index (χ3v) is 18.7. The first-order valence-corrected chi connectivity index (χ1v) is 34.3. The summed E-state index contributed by atoms with van der Waals surface area (Å²) in [5.74, 6) is -0.517. The van der Waals surface area contributed by atoms with Gasteiger partial charge < -0.3 is 74.5 Å². The molecule has 3 atom stereocenters. The standard InChI is InChI=1S/C26H38N4O3.C21H30N4O.C16H20N2O2.C10H20N2O2/c1-18-8-9-22-20(15-18)21-17-28(5)13-10-23(21)30(22)14-11-24(31)27-19-7-6-12-29(16-19)25(32)33-26(2,3)4;1-15-5-6-19-17(12-15)18-14-24(2)10-7-20(18)25(19)11-8-21(26)23-16-4-3-9-22-13-16;1-11-3-4-14-12(9-11)13-10-17(2)7-5-15(13)18(14)8-6-16(19)20;1-10(2,3)14-9(13)12-6-4-5-8(11)7-12/h8-9,15,19H,6-7,10-14,16-17H2,1-5H3,(H,27,31);5-6,12,16,22H,3-4,7-11,13-14H2,1-2H3,(H,23,26);3-4,9H,5-8,10H2,1-2H3,(H,19,20);8H,4-7,11H2,1-3H3. The minimum atomic E-state index is -0.736. The highest BCUT2D eigenvalue weighted by atomic mass is 16.6. The first-order valence-electron chi connectivity index (χ1n) is 34.3. The molecule has 6 aliphatic heterocycles. The summed E-state index contributed by atoms with van der Waals surface area (Å²) in [6.45, 7) is 30.2. The number of carbonyl (C=O) groups is 5. The first kappa shape index (κ1) is 70.3. The van der Waals surface area contributed by atoms with Crippen molar-refractivity contribution >= 4 is 62.7 Å². The van der Waals surface area contributed by atoms with Gasteiger partial charge in [0, 0.05) is 192 Å². The van der Waals surface area contributed by atoms with E-state index in [1.54, 1.807) is 9.80 Å². The Labute approximate surface area is 551 Å². The minimum absolute atomic E-state index is 0.0228. The molecule has 0 spiro atoms. The average Bonchev–Trinajstić information content (AvgIpc) is 1.63. The fraction of sp³-hybridized carbons (Fsp3) is 0.603. The second kappa shape index (κ2) is 31.1.